The van der Waals surface area contributed by atoms with E-state index in [4.69, 9.17) is 4.99 Å². The van der Waals surface area contributed by atoms with Crippen LogP contribution in [0.2, 0.25) is 0 Å². The second-order valence-electron chi connectivity index (χ2n) is 6.64. The van der Waals surface area contributed by atoms with Gasteiger partial charge in [0.05, 0.1) is 5.36 Å². The van der Waals surface area contributed by atoms with E-state index in [0.717, 1.165) is 19.6 Å². The average molecular weight is 290 g/mol. The predicted octanol–water partition coefficient (Wildman–Crippen LogP) is 2.38. The Kier molecular flexibility index (Phi) is 3.55. The van der Waals surface area contributed by atoms with Crippen molar-refractivity contribution in [3.63, 3.8) is 0 Å². The molecule has 2 aliphatic heterocycles. The van der Waals surface area contributed by atoms with Crippen LogP contribution in [-0.4, -0.2) is 24.5 Å². The fourth-order valence-electron chi connectivity index (χ4n) is 3.84. The van der Waals surface area contributed by atoms with Crippen LogP contribution in [0.5, 0.6) is 0 Å². The van der Waals surface area contributed by atoms with Crippen molar-refractivity contribution in [2.75, 3.05) is 19.6 Å². The van der Waals surface area contributed by atoms with E-state index in [9.17, 15) is 0 Å². The van der Waals surface area contributed by atoms with Crippen molar-refractivity contribution >= 4 is 6.08 Å². The topological polar surface area (TPSA) is 15.6 Å². The molecular formula is C20H22N2. The van der Waals surface area contributed by atoms with Crippen LogP contribution in [0.15, 0.2) is 59.6 Å². The van der Waals surface area contributed by atoms with Crippen molar-refractivity contribution in [2.45, 2.75) is 19.4 Å². The summed E-state index contributed by atoms with van der Waals surface area (Å²) in [6.07, 6.45) is 4.93. The van der Waals surface area contributed by atoms with E-state index in [1.54, 1.807) is 0 Å². The summed E-state index contributed by atoms with van der Waals surface area (Å²) in [7, 11) is 0. The molecule has 0 amide bonds. The Morgan fingerprint density at radius 2 is 1.77 bits per heavy atom. The van der Waals surface area contributed by atoms with Gasteiger partial charge < -0.3 is 0 Å². The van der Waals surface area contributed by atoms with Gasteiger partial charge in [-0.3, -0.25) is 9.89 Å². The maximum absolute atomic E-state index is 4.76. The minimum atomic E-state index is 0.310. The van der Waals surface area contributed by atoms with E-state index in [-0.39, 0.29) is 0 Å². The smallest absolute Gasteiger partial charge is 0.0643 e. The highest BCUT2D eigenvalue weighted by Gasteiger charge is 2.36. The van der Waals surface area contributed by atoms with Crippen molar-refractivity contribution in [1.29, 1.82) is 0 Å². The molecule has 1 unspecified atom stereocenters. The van der Waals surface area contributed by atoms with E-state index in [0.29, 0.717) is 5.41 Å². The SMILES string of the molecule is C1=c2ccccc2=NCCC12CCN(Cc1ccccc1)C2. The third-order valence-electron chi connectivity index (χ3n) is 5.00. The Morgan fingerprint density at radius 3 is 2.68 bits per heavy atom. The van der Waals surface area contributed by atoms with Crippen LogP contribution in [0.4, 0.5) is 0 Å². The Hall–Kier alpha value is -1.93. The van der Waals surface area contributed by atoms with Crippen LogP contribution in [0.3, 0.4) is 0 Å². The first-order valence-electron chi connectivity index (χ1n) is 8.22. The van der Waals surface area contributed by atoms with Crippen molar-refractivity contribution in [3.05, 3.63) is 70.7 Å². The Bertz CT molecular complexity index is 766. The summed E-state index contributed by atoms with van der Waals surface area (Å²) in [5.41, 5.74) is 1.73. The molecule has 1 spiro atoms. The number of benzene rings is 2. The number of fused-ring (bicyclic) bond motifs is 1. The summed E-state index contributed by atoms with van der Waals surface area (Å²) in [5.74, 6) is 0. The largest absolute Gasteiger partial charge is 0.298 e. The molecule has 2 aromatic carbocycles. The highest BCUT2D eigenvalue weighted by Crippen LogP contribution is 2.36. The zero-order chi connectivity index (χ0) is 14.8. The third kappa shape index (κ3) is 2.71. The minimum absolute atomic E-state index is 0.310. The minimum Gasteiger partial charge on any atom is -0.298 e. The lowest BCUT2D eigenvalue weighted by Gasteiger charge is -2.25. The fraction of sp³-hybridized carbons (Fsp3) is 0.350. The van der Waals surface area contributed by atoms with E-state index >= 15 is 0 Å². The zero-order valence-electron chi connectivity index (χ0n) is 12.9. The predicted molar refractivity (Wildman–Crippen MR) is 89.9 cm³/mol. The van der Waals surface area contributed by atoms with E-state index in [1.807, 2.05) is 0 Å². The maximum atomic E-state index is 4.76. The molecular weight excluding hydrogens is 268 g/mol. The second-order valence-corrected chi connectivity index (χ2v) is 6.64. The Morgan fingerprint density at radius 1 is 0.955 bits per heavy atom. The quantitative estimate of drug-likeness (QED) is 0.829. The fourth-order valence-corrected chi connectivity index (χ4v) is 3.84. The van der Waals surface area contributed by atoms with Gasteiger partial charge in [-0.15, -0.1) is 0 Å². The number of rotatable bonds is 2. The molecule has 0 saturated carbocycles. The van der Waals surface area contributed by atoms with Gasteiger partial charge in [-0.1, -0.05) is 54.6 Å². The molecule has 0 radical (unpaired) electrons. The highest BCUT2D eigenvalue weighted by atomic mass is 15.2. The first kappa shape index (κ1) is 13.7. The first-order chi connectivity index (χ1) is 10.8. The molecule has 2 aliphatic rings. The van der Waals surface area contributed by atoms with Gasteiger partial charge >= 0.3 is 0 Å². The maximum Gasteiger partial charge on any atom is 0.0643 e. The van der Waals surface area contributed by atoms with Crippen molar-refractivity contribution in [2.24, 2.45) is 10.4 Å². The van der Waals surface area contributed by atoms with Crippen molar-refractivity contribution in [1.82, 2.24) is 4.90 Å². The molecule has 22 heavy (non-hydrogen) atoms. The first-order valence-corrected chi connectivity index (χ1v) is 8.22. The summed E-state index contributed by atoms with van der Waals surface area (Å²) in [5, 5.41) is 2.49. The molecule has 2 heteroatoms. The third-order valence-corrected chi connectivity index (χ3v) is 5.00. The van der Waals surface area contributed by atoms with Crippen molar-refractivity contribution < 1.29 is 0 Å². The summed E-state index contributed by atoms with van der Waals surface area (Å²) in [6, 6.07) is 19.4. The molecule has 4 rings (SSSR count). The van der Waals surface area contributed by atoms with Crippen LogP contribution in [0.1, 0.15) is 18.4 Å². The number of likely N-dealkylation sites (tertiary alicyclic amines) is 1. The lowest BCUT2D eigenvalue weighted by atomic mass is 9.83. The van der Waals surface area contributed by atoms with E-state index < -0.39 is 0 Å². The lowest BCUT2D eigenvalue weighted by molar-refractivity contribution is 0.292. The van der Waals surface area contributed by atoms with Gasteiger partial charge in [0.2, 0.25) is 0 Å². The Labute approximate surface area is 131 Å². The van der Waals surface area contributed by atoms with Gasteiger partial charge in [-0.05, 0) is 36.2 Å². The standard InChI is InChI=1S/C20H22N2/c1-2-6-17(7-3-1)15-22-13-11-20(16-22)10-12-21-19-9-5-4-8-18(19)14-20/h1-9,14H,10-13,15-16H2. The number of para-hydroxylation sites is 1. The summed E-state index contributed by atoms with van der Waals surface area (Å²) < 4.78 is 0. The molecule has 1 fully saturated rings. The number of nitrogens with zero attached hydrogens (tertiary/aromatic N) is 2. The second kappa shape index (κ2) is 5.69. The molecule has 0 bridgehead atoms. The summed E-state index contributed by atoms with van der Waals surface area (Å²) in [4.78, 5) is 7.36. The molecule has 1 atom stereocenters. The molecule has 0 aromatic heterocycles. The normalized spacial score (nSPS) is 24.4. The molecule has 1 saturated heterocycles. The molecule has 0 N–H and O–H groups in total. The van der Waals surface area contributed by atoms with Crippen LogP contribution in [0, 0.1) is 5.41 Å². The highest BCUT2D eigenvalue weighted by molar-refractivity contribution is 5.35. The molecule has 2 heterocycles. The molecule has 2 nitrogen and oxygen atoms in total. The van der Waals surface area contributed by atoms with Gasteiger partial charge in [-0.2, -0.15) is 0 Å². The number of hydrogen-bond acceptors (Lipinski definition) is 2. The Balaban J connectivity index is 1.58. The van der Waals surface area contributed by atoms with Gasteiger partial charge in [0.25, 0.3) is 0 Å². The van der Waals surface area contributed by atoms with Crippen LogP contribution >= 0.6 is 0 Å². The van der Waals surface area contributed by atoms with Crippen LogP contribution in [-0.2, 0) is 6.54 Å². The van der Waals surface area contributed by atoms with Crippen molar-refractivity contribution in [3.8, 4) is 0 Å². The van der Waals surface area contributed by atoms with Gasteiger partial charge in [0.15, 0.2) is 0 Å². The monoisotopic (exact) mass is 290 g/mol. The van der Waals surface area contributed by atoms with Crippen LogP contribution in [0.25, 0.3) is 6.08 Å². The molecule has 0 aliphatic carbocycles. The van der Waals surface area contributed by atoms with E-state index in [2.05, 4.69) is 65.6 Å². The van der Waals surface area contributed by atoms with Crippen LogP contribution < -0.4 is 10.6 Å². The lowest BCUT2D eigenvalue weighted by Crippen LogP contribution is -2.29. The van der Waals surface area contributed by atoms with Gasteiger partial charge in [0.1, 0.15) is 0 Å². The number of hydrogen-bond donors (Lipinski definition) is 0. The zero-order valence-corrected chi connectivity index (χ0v) is 12.9. The summed E-state index contributed by atoms with van der Waals surface area (Å²) in [6.45, 7) is 4.36. The van der Waals surface area contributed by atoms with E-state index in [1.165, 1.54) is 35.5 Å². The molecule has 2 aromatic rings. The average Bonchev–Trinajstić information content (AvgIpc) is 2.83. The van der Waals surface area contributed by atoms with Gasteiger partial charge in [0, 0.05) is 25.0 Å². The molecule has 112 valence electrons. The van der Waals surface area contributed by atoms with Gasteiger partial charge in [-0.25, -0.2) is 0 Å². The summed E-state index contributed by atoms with van der Waals surface area (Å²) >= 11 is 0.